The first-order valence-electron chi connectivity index (χ1n) is 6.78. The topological polar surface area (TPSA) is 76.3 Å². The number of benzene rings is 1. The van der Waals surface area contributed by atoms with Gasteiger partial charge in [0.1, 0.15) is 5.01 Å². The predicted octanol–water partition coefficient (Wildman–Crippen LogP) is 3.72. The van der Waals surface area contributed by atoms with Gasteiger partial charge in [-0.3, -0.25) is 10.1 Å². The van der Waals surface area contributed by atoms with Crippen molar-refractivity contribution in [1.29, 1.82) is 0 Å². The van der Waals surface area contributed by atoms with Gasteiger partial charge < -0.3 is 5.11 Å². The van der Waals surface area contributed by atoms with E-state index in [2.05, 4.69) is 18.8 Å². The number of nitro benzene ring substituents is 1. The fraction of sp³-hybridized carbons (Fsp3) is 0.400. The second-order valence-corrected chi connectivity index (χ2v) is 7.23. The maximum Gasteiger partial charge on any atom is 0.270 e. The fourth-order valence-corrected chi connectivity index (χ4v) is 3.83. The van der Waals surface area contributed by atoms with Crippen molar-refractivity contribution in [1.82, 2.24) is 4.98 Å². The number of aromatic nitrogens is 1. The first-order chi connectivity index (χ1) is 9.85. The van der Waals surface area contributed by atoms with E-state index in [-0.39, 0.29) is 11.1 Å². The Morgan fingerprint density at radius 3 is 2.95 bits per heavy atom. The van der Waals surface area contributed by atoms with Gasteiger partial charge in [-0.05, 0) is 18.3 Å². The normalized spacial score (nSPS) is 20.0. The Labute approximate surface area is 126 Å². The Morgan fingerprint density at radius 2 is 2.24 bits per heavy atom. The van der Waals surface area contributed by atoms with Crippen molar-refractivity contribution >= 4 is 17.0 Å². The van der Waals surface area contributed by atoms with Crippen molar-refractivity contribution in [2.24, 2.45) is 5.41 Å². The number of aliphatic hydroxyl groups is 1. The van der Waals surface area contributed by atoms with E-state index in [1.165, 1.54) is 23.5 Å². The summed E-state index contributed by atoms with van der Waals surface area (Å²) in [6.45, 7) is 4.23. The van der Waals surface area contributed by atoms with Gasteiger partial charge in [-0.2, -0.15) is 0 Å². The number of fused-ring (bicyclic) bond motifs is 1. The van der Waals surface area contributed by atoms with Crippen LogP contribution in [-0.4, -0.2) is 15.0 Å². The zero-order valence-corrected chi connectivity index (χ0v) is 12.7. The van der Waals surface area contributed by atoms with Gasteiger partial charge in [-0.1, -0.05) is 26.0 Å². The third kappa shape index (κ3) is 2.69. The largest absolute Gasteiger partial charge is 0.387 e. The summed E-state index contributed by atoms with van der Waals surface area (Å²) in [5.74, 6) is 0. The number of nitro groups is 1. The molecule has 5 nitrogen and oxygen atoms in total. The highest BCUT2D eigenvalue weighted by atomic mass is 32.1. The van der Waals surface area contributed by atoms with Crippen LogP contribution in [0.25, 0.3) is 10.6 Å². The van der Waals surface area contributed by atoms with Gasteiger partial charge in [-0.25, -0.2) is 4.98 Å². The van der Waals surface area contributed by atoms with E-state index in [4.69, 9.17) is 0 Å². The molecule has 0 spiro atoms. The number of thiazole rings is 1. The average Bonchev–Trinajstić information content (AvgIpc) is 2.81. The van der Waals surface area contributed by atoms with E-state index in [0.29, 0.717) is 0 Å². The highest BCUT2D eigenvalue weighted by Crippen LogP contribution is 2.44. The molecule has 1 aliphatic carbocycles. The van der Waals surface area contributed by atoms with Crippen LogP contribution in [-0.2, 0) is 6.42 Å². The van der Waals surface area contributed by atoms with E-state index in [1.54, 1.807) is 6.07 Å². The van der Waals surface area contributed by atoms with Gasteiger partial charge in [0.15, 0.2) is 0 Å². The summed E-state index contributed by atoms with van der Waals surface area (Å²) in [5.41, 5.74) is 1.74. The summed E-state index contributed by atoms with van der Waals surface area (Å²) >= 11 is 1.43. The molecule has 0 aliphatic heterocycles. The lowest BCUT2D eigenvalue weighted by atomic mass is 9.77. The van der Waals surface area contributed by atoms with E-state index in [0.717, 1.165) is 34.0 Å². The molecule has 0 radical (unpaired) electrons. The quantitative estimate of drug-likeness (QED) is 0.677. The lowest BCUT2D eigenvalue weighted by molar-refractivity contribution is -0.384. The molecule has 2 aromatic rings. The summed E-state index contributed by atoms with van der Waals surface area (Å²) in [5, 5.41) is 21.9. The van der Waals surface area contributed by atoms with Gasteiger partial charge in [0, 0.05) is 17.7 Å². The van der Waals surface area contributed by atoms with Gasteiger partial charge in [0.25, 0.3) is 5.69 Å². The third-order valence-corrected chi connectivity index (χ3v) is 4.97. The van der Waals surface area contributed by atoms with Crippen LogP contribution in [0.5, 0.6) is 0 Å². The Balaban J connectivity index is 2.02. The fourth-order valence-electron chi connectivity index (χ4n) is 2.77. The molecule has 0 amide bonds. The van der Waals surface area contributed by atoms with Crippen LogP contribution >= 0.6 is 11.3 Å². The predicted molar refractivity (Wildman–Crippen MR) is 81.3 cm³/mol. The Morgan fingerprint density at radius 1 is 1.48 bits per heavy atom. The van der Waals surface area contributed by atoms with Gasteiger partial charge in [0.05, 0.1) is 21.6 Å². The second-order valence-electron chi connectivity index (χ2n) is 6.20. The number of aliphatic hydroxyl groups excluding tert-OH is 1. The van der Waals surface area contributed by atoms with Crippen LogP contribution in [0.3, 0.4) is 0 Å². The Bertz CT molecular complexity index is 709. The molecule has 6 heteroatoms. The van der Waals surface area contributed by atoms with Crippen LogP contribution in [0.1, 0.15) is 36.9 Å². The van der Waals surface area contributed by atoms with Crippen molar-refractivity contribution in [3.05, 3.63) is 45.0 Å². The maximum atomic E-state index is 10.9. The van der Waals surface area contributed by atoms with Crippen molar-refractivity contribution < 1.29 is 10.0 Å². The molecular weight excluding hydrogens is 288 g/mol. The van der Waals surface area contributed by atoms with Crippen LogP contribution in [0.2, 0.25) is 0 Å². The molecule has 21 heavy (non-hydrogen) atoms. The SMILES string of the molecule is CC1(C)Cc2nc(-c3cccc([N+](=O)[O-])c3)sc2C(O)C1. The standard InChI is InChI=1S/C15H16N2O3S/c1-15(2)7-11-13(12(18)8-15)21-14(16-11)9-4-3-5-10(6-9)17(19)20/h3-6,12,18H,7-8H2,1-2H3. The van der Waals surface area contributed by atoms with Crippen LogP contribution in [0.15, 0.2) is 24.3 Å². The van der Waals surface area contributed by atoms with Crippen LogP contribution < -0.4 is 0 Å². The zero-order chi connectivity index (χ0) is 15.2. The summed E-state index contributed by atoms with van der Waals surface area (Å²) in [4.78, 5) is 16.0. The van der Waals surface area contributed by atoms with Crippen LogP contribution in [0, 0.1) is 15.5 Å². The molecule has 0 saturated heterocycles. The molecular formula is C15H16N2O3S. The Hall–Kier alpha value is -1.79. The number of hydrogen-bond acceptors (Lipinski definition) is 5. The van der Waals surface area contributed by atoms with E-state index in [1.807, 2.05) is 6.07 Å². The third-order valence-electron chi connectivity index (χ3n) is 3.73. The minimum absolute atomic E-state index is 0.0282. The summed E-state index contributed by atoms with van der Waals surface area (Å²) < 4.78 is 0. The number of non-ortho nitro benzene ring substituents is 1. The summed E-state index contributed by atoms with van der Waals surface area (Å²) in [7, 11) is 0. The first kappa shape index (κ1) is 14.2. The lowest BCUT2D eigenvalue weighted by Crippen LogP contribution is -2.24. The van der Waals surface area contributed by atoms with Crippen molar-refractivity contribution in [2.45, 2.75) is 32.8 Å². The highest BCUT2D eigenvalue weighted by molar-refractivity contribution is 7.15. The summed E-state index contributed by atoms with van der Waals surface area (Å²) in [6.07, 6.45) is 1.05. The molecule has 1 aromatic heterocycles. The van der Waals surface area contributed by atoms with Crippen molar-refractivity contribution in [3.8, 4) is 10.6 Å². The first-order valence-corrected chi connectivity index (χ1v) is 7.60. The second kappa shape index (κ2) is 4.89. The molecule has 3 rings (SSSR count). The van der Waals surface area contributed by atoms with E-state index < -0.39 is 11.0 Å². The van der Waals surface area contributed by atoms with E-state index >= 15 is 0 Å². The lowest BCUT2D eigenvalue weighted by Gasteiger charge is -2.31. The molecule has 0 fully saturated rings. The molecule has 0 bridgehead atoms. The van der Waals surface area contributed by atoms with Gasteiger partial charge in [0.2, 0.25) is 0 Å². The summed E-state index contributed by atoms with van der Waals surface area (Å²) in [6, 6.07) is 6.47. The van der Waals surface area contributed by atoms with Gasteiger partial charge in [-0.15, -0.1) is 11.3 Å². The number of nitrogens with zero attached hydrogens (tertiary/aromatic N) is 2. The minimum Gasteiger partial charge on any atom is -0.387 e. The minimum atomic E-state index is -0.492. The highest BCUT2D eigenvalue weighted by Gasteiger charge is 2.34. The molecule has 1 N–H and O–H groups in total. The van der Waals surface area contributed by atoms with E-state index in [9.17, 15) is 15.2 Å². The molecule has 1 atom stereocenters. The van der Waals surface area contributed by atoms with Gasteiger partial charge >= 0.3 is 0 Å². The van der Waals surface area contributed by atoms with Crippen LogP contribution in [0.4, 0.5) is 5.69 Å². The van der Waals surface area contributed by atoms with Crippen molar-refractivity contribution in [3.63, 3.8) is 0 Å². The number of hydrogen-bond donors (Lipinski definition) is 1. The molecule has 1 aliphatic rings. The molecule has 1 unspecified atom stereocenters. The number of rotatable bonds is 2. The average molecular weight is 304 g/mol. The van der Waals surface area contributed by atoms with Crippen molar-refractivity contribution in [2.75, 3.05) is 0 Å². The molecule has 110 valence electrons. The molecule has 0 saturated carbocycles. The zero-order valence-electron chi connectivity index (χ0n) is 11.9. The Kier molecular flexibility index (Phi) is 3.30. The molecule has 1 heterocycles. The maximum absolute atomic E-state index is 10.9. The smallest absolute Gasteiger partial charge is 0.270 e. The molecule has 1 aromatic carbocycles. The monoisotopic (exact) mass is 304 g/mol.